The monoisotopic (exact) mass is 369 g/mol. The highest BCUT2D eigenvalue weighted by Gasteiger charge is 2.21. The number of rotatable bonds is 4. The molecule has 2 aromatic carbocycles. The Bertz CT molecular complexity index is 761. The number of nitrogens with two attached hydrogens (primary N) is 1. The Hall–Kier alpha value is -1.57. The van der Waals surface area contributed by atoms with Crippen LogP contribution in [0.2, 0.25) is 0 Å². The largest absolute Gasteiger partial charge is 0.396 e. The summed E-state index contributed by atoms with van der Waals surface area (Å²) in [6.45, 7) is 0. The van der Waals surface area contributed by atoms with Crippen LogP contribution in [0.5, 0.6) is 0 Å². The molecule has 21 heavy (non-hydrogen) atoms. The molecule has 0 unspecified atom stereocenters. The zero-order valence-electron chi connectivity index (χ0n) is 11.7. The Labute approximate surface area is 132 Å². The van der Waals surface area contributed by atoms with Gasteiger partial charge < -0.3 is 11.1 Å². The molecule has 0 spiro atoms. The van der Waals surface area contributed by atoms with Crippen LogP contribution in [0, 0.1) is 0 Å². The van der Waals surface area contributed by atoms with Crippen LogP contribution < -0.4 is 11.1 Å². The first-order chi connectivity index (χ1) is 9.84. The second kappa shape index (κ2) is 6.05. The molecule has 0 atom stereocenters. The summed E-state index contributed by atoms with van der Waals surface area (Å²) < 4.78 is 26.5. The van der Waals surface area contributed by atoms with Gasteiger partial charge in [0.25, 0.3) is 0 Å². The highest BCUT2D eigenvalue weighted by Crippen LogP contribution is 2.32. The van der Waals surface area contributed by atoms with E-state index in [1.165, 1.54) is 20.2 Å². The number of nitrogen functional groups attached to an aromatic ring is 1. The fourth-order valence-electron chi connectivity index (χ4n) is 1.78. The summed E-state index contributed by atoms with van der Waals surface area (Å²) in [6.07, 6.45) is 0. The molecule has 0 heterocycles. The molecule has 0 aliphatic rings. The van der Waals surface area contributed by atoms with E-state index in [0.717, 1.165) is 14.5 Å². The van der Waals surface area contributed by atoms with Gasteiger partial charge >= 0.3 is 0 Å². The first kappa shape index (κ1) is 15.8. The molecule has 0 saturated carbocycles. The lowest BCUT2D eigenvalue weighted by Gasteiger charge is -2.17. The van der Waals surface area contributed by atoms with Crippen molar-refractivity contribution < 1.29 is 8.42 Å². The van der Waals surface area contributed by atoms with E-state index >= 15 is 0 Å². The van der Waals surface area contributed by atoms with Crippen molar-refractivity contribution in [2.24, 2.45) is 0 Å². The minimum absolute atomic E-state index is 0.0875. The van der Waals surface area contributed by atoms with E-state index in [1.54, 1.807) is 12.1 Å². The van der Waals surface area contributed by atoms with E-state index in [2.05, 4.69) is 21.2 Å². The summed E-state index contributed by atoms with van der Waals surface area (Å²) in [5.41, 5.74) is 7.57. The molecular formula is C14H16BrN3O2S. The predicted molar refractivity (Wildman–Crippen MR) is 89.2 cm³/mol. The van der Waals surface area contributed by atoms with Gasteiger partial charge in [-0.05, 0) is 40.2 Å². The lowest BCUT2D eigenvalue weighted by Crippen LogP contribution is -2.23. The maximum Gasteiger partial charge on any atom is 0.244 e. The first-order valence-corrected chi connectivity index (χ1v) is 8.40. The van der Waals surface area contributed by atoms with E-state index in [9.17, 15) is 8.42 Å². The zero-order valence-corrected chi connectivity index (χ0v) is 14.1. The van der Waals surface area contributed by atoms with Gasteiger partial charge in [-0.1, -0.05) is 18.2 Å². The molecule has 112 valence electrons. The van der Waals surface area contributed by atoms with Gasteiger partial charge in [-0.2, -0.15) is 0 Å². The quantitative estimate of drug-likeness (QED) is 0.812. The number of nitrogens with zero attached hydrogens (tertiary/aromatic N) is 1. The molecule has 0 aromatic heterocycles. The fourth-order valence-corrected chi connectivity index (χ4v) is 3.20. The molecule has 0 bridgehead atoms. The summed E-state index contributed by atoms with van der Waals surface area (Å²) in [4.78, 5) is 0.0875. The molecule has 7 heteroatoms. The van der Waals surface area contributed by atoms with Gasteiger partial charge in [0, 0.05) is 18.6 Å². The highest BCUT2D eigenvalue weighted by molar-refractivity contribution is 9.10. The van der Waals surface area contributed by atoms with Crippen LogP contribution in [0.25, 0.3) is 0 Å². The van der Waals surface area contributed by atoms with Crippen molar-refractivity contribution in [2.45, 2.75) is 4.90 Å². The molecule has 0 saturated heterocycles. The molecule has 0 fully saturated rings. The number of nitrogens with one attached hydrogen (secondary N) is 1. The predicted octanol–water partition coefficient (Wildman–Crippen LogP) is 3.03. The van der Waals surface area contributed by atoms with Crippen LogP contribution in [0.3, 0.4) is 0 Å². The van der Waals surface area contributed by atoms with Gasteiger partial charge in [0.2, 0.25) is 10.0 Å². The van der Waals surface area contributed by atoms with E-state index in [-0.39, 0.29) is 10.6 Å². The topological polar surface area (TPSA) is 75.4 Å². The summed E-state index contributed by atoms with van der Waals surface area (Å²) in [7, 11) is -0.626. The van der Waals surface area contributed by atoms with E-state index < -0.39 is 10.0 Å². The lowest BCUT2D eigenvalue weighted by molar-refractivity contribution is 0.521. The maximum absolute atomic E-state index is 12.2. The van der Waals surface area contributed by atoms with Crippen molar-refractivity contribution >= 4 is 43.0 Å². The van der Waals surface area contributed by atoms with E-state index in [0.29, 0.717) is 5.69 Å². The zero-order chi connectivity index (χ0) is 15.6. The lowest BCUT2D eigenvalue weighted by atomic mass is 10.2. The second-order valence-corrected chi connectivity index (χ2v) is 7.58. The van der Waals surface area contributed by atoms with Crippen LogP contribution >= 0.6 is 15.9 Å². The smallest absolute Gasteiger partial charge is 0.244 e. The number of sulfonamides is 1. The van der Waals surface area contributed by atoms with Crippen molar-refractivity contribution in [1.29, 1.82) is 0 Å². The SMILES string of the molecule is CN(C)S(=O)(=O)c1cccc(Nc2ccccc2Br)c1N. The highest BCUT2D eigenvalue weighted by atomic mass is 79.9. The Kier molecular flexibility index (Phi) is 4.55. The minimum Gasteiger partial charge on any atom is -0.396 e. The number of halogens is 1. The van der Waals surface area contributed by atoms with Gasteiger partial charge in [-0.25, -0.2) is 12.7 Å². The van der Waals surface area contributed by atoms with Gasteiger partial charge in [0.1, 0.15) is 4.90 Å². The normalized spacial score (nSPS) is 11.6. The summed E-state index contributed by atoms with van der Waals surface area (Å²) in [5, 5.41) is 3.14. The molecule has 0 radical (unpaired) electrons. The van der Waals surface area contributed by atoms with Crippen molar-refractivity contribution in [2.75, 3.05) is 25.1 Å². The van der Waals surface area contributed by atoms with Gasteiger partial charge in [0.05, 0.1) is 17.1 Å². The number of benzene rings is 2. The Balaban J connectivity index is 2.47. The Morgan fingerprint density at radius 1 is 1.05 bits per heavy atom. The molecular weight excluding hydrogens is 354 g/mol. The number of para-hydroxylation sites is 2. The van der Waals surface area contributed by atoms with Crippen LogP contribution in [0.1, 0.15) is 0 Å². The van der Waals surface area contributed by atoms with Gasteiger partial charge in [-0.15, -0.1) is 0 Å². The second-order valence-electron chi connectivity index (χ2n) is 4.61. The van der Waals surface area contributed by atoms with Crippen LogP contribution in [0.15, 0.2) is 51.8 Å². The summed E-state index contributed by atoms with van der Waals surface area (Å²) in [6, 6.07) is 12.4. The molecule has 0 aliphatic heterocycles. The van der Waals surface area contributed by atoms with Crippen molar-refractivity contribution in [3.8, 4) is 0 Å². The average Bonchev–Trinajstić information content (AvgIpc) is 2.43. The van der Waals surface area contributed by atoms with E-state index in [4.69, 9.17) is 5.73 Å². The number of anilines is 3. The molecule has 0 aliphatic carbocycles. The molecule has 3 N–H and O–H groups in total. The van der Waals surface area contributed by atoms with E-state index in [1.807, 2.05) is 24.3 Å². The summed E-state index contributed by atoms with van der Waals surface area (Å²) >= 11 is 3.43. The molecule has 2 rings (SSSR count). The average molecular weight is 370 g/mol. The van der Waals surface area contributed by atoms with Gasteiger partial charge in [0.15, 0.2) is 0 Å². The standard InChI is InChI=1S/C14H16BrN3O2S/c1-18(2)21(19,20)13-9-5-8-12(14(13)16)17-11-7-4-3-6-10(11)15/h3-9,17H,16H2,1-2H3. The van der Waals surface area contributed by atoms with Crippen LogP contribution in [-0.2, 0) is 10.0 Å². The third-order valence-electron chi connectivity index (χ3n) is 2.97. The third kappa shape index (κ3) is 3.20. The van der Waals surface area contributed by atoms with Crippen LogP contribution in [-0.4, -0.2) is 26.8 Å². The number of hydrogen-bond donors (Lipinski definition) is 2. The van der Waals surface area contributed by atoms with Gasteiger partial charge in [-0.3, -0.25) is 0 Å². The van der Waals surface area contributed by atoms with Crippen LogP contribution in [0.4, 0.5) is 17.1 Å². The Morgan fingerprint density at radius 3 is 2.29 bits per heavy atom. The molecule has 5 nitrogen and oxygen atoms in total. The van der Waals surface area contributed by atoms with Crippen molar-refractivity contribution in [3.05, 3.63) is 46.9 Å². The fraction of sp³-hybridized carbons (Fsp3) is 0.143. The number of hydrogen-bond acceptors (Lipinski definition) is 4. The first-order valence-electron chi connectivity index (χ1n) is 6.16. The summed E-state index contributed by atoms with van der Waals surface area (Å²) in [5.74, 6) is 0. The third-order valence-corrected chi connectivity index (χ3v) is 5.53. The molecule has 2 aromatic rings. The minimum atomic E-state index is -3.58. The maximum atomic E-state index is 12.2. The Morgan fingerprint density at radius 2 is 1.67 bits per heavy atom. The van der Waals surface area contributed by atoms with Crippen molar-refractivity contribution in [3.63, 3.8) is 0 Å². The van der Waals surface area contributed by atoms with Crippen molar-refractivity contribution in [1.82, 2.24) is 4.31 Å². The molecule has 0 amide bonds.